The molecule has 0 fully saturated rings. The van der Waals surface area contributed by atoms with Crippen LogP contribution in [-0.2, 0) is 0 Å². The fourth-order valence-electron chi connectivity index (χ4n) is 0.371. The molecule has 4 heteroatoms. The molecule has 10 heavy (non-hydrogen) atoms. The van der Waals surface area contributed by atoms with Gasteiger partial charge in [0.25, 0.3) is 0 Å². The zero-order valence-electron chi connectivity index (χ0n) is 5.18. The van der Waals surface area contributed by atoms with Crippen LogP contribution >= 0.6 is 17.0 Å². The van der Waals surface area contributed by atoms with Gasteiger partial charge in [0, 0.05) is 5.82 Å². The minimum absolute atomic E-state index is 0. The van der Waals surface area contributed by atoms with Gasteiger partial charge in [-0.05, 0) is 0 Å². The topological polar surface area (TPSA) is 0 Å². The molecule has 0 heterocycles. The number of rotatable bonds is 0. The van der Waals surface area contributed by atoms with Gasteiger partial charge in [-0.25, -0.2) is 0 Å². The van der Waals surface area contributed by atoms with Crippen molar-refractivity contribution in [3.63, 3.8) is 0 Å². The van der Waals surface area contributed by atoms with Crippen LogP contribution in [0.3, 0.4) is 0 Å². The average molecular weight is 236 g/mol. The van der Waals surface area contributed by atoms with Crippen molar-refractivity contribution in [1.29, 1.82) is 0 Å². The molecule has 1 aromatic rings. The molecule has 1 aromatic carbocycles. The van der Waals surface area contributed by atoms with E-state index >= 15 is 0 Å². The SMILES string of the molecule is Br.Fc1c[c-]ccc1.[Cl-].[Mg+2]. The van der Waals surface area contributed by atoms with E-state index in [1.807, 2.05) is 0 Å². The normalized spacial score (nSPS) is 6.10. The van der Waals surface area contributed by atoms with Crippen LogP contribution in [0.15, 0.2) is 24.3 Å². The quantitative estimate of drug-likeness (QED) is 0.393. The maximum absolute atomic E-state index is 11.9. The minimum Gasteiger partial charge on any atom is -1.00 e. The molecular weight excluding hydrogens is 231 g/mol. The molecule has 0 amide bonds. The van der Waals surface area contributed by atoms with Crippen LogP contribution in [0.1, 0.15) is 0 Å². The standard InChI is InChI=1S/C6H4F.BrH.ClH.Mg/c7-6-4-2-1-3-5-6;;;/h1-2,4-5H;2*1H;/q-1;;;+2/p-1. The molecule has 0 saturated carbocycles. The Morgan fingerprint density at radius 3 is 2.20 bits per heavy atom. The van der Waals surface area contributed by atoms with Crippen molar-refractivity contribution in [2.75, 3.05) is 0 Å². The Kier molecular flexibility index (Phi) is 16.4. The van der Waals surface area contributed by atoms with E-state index in [-0.39, 0.29) is 58.3 Å². The van der Waals surface area contributed by atoms with E-state index in [9.17, 15) is 4.39 Å². The van der Waals surface area contributed by atoms with Crippen LogP contribution in [0.25, 0.3) is 0 Å². The maximum Gasteiger partial charge on any atom is 2.00 e. The maximum atomic E-state index is 11.9. The van der Waals surface area contributed by atoms with Crippen LogP contribution < -0.4 is 12.4 Å². The summed E-state index contributed by atoms with van der Waals surface area (Å²) < 4.78 is 11.9. The molecule has 0 spiro atoms. The van der Waals surface area contributed by atoms with Crippen LogP contribution in [0.4, 0.5) is 4.39 Å². The van der Waals surface area contributed by atoms with Crippen molar-refractivity contribution in [3.05, 3.63) is 36.1 Å². The van der Waals surface area contributed by atoms with Gasteiger partial charge in [0.05, 0.1) is 0 Å². The smallest absolute Gasteiger partial charge is 1.00 e. The summed E-state index contributed by atoms with van der Waals surface area (Å²) in [4.78, 5) is 0. The first kappa shape index (κ1) is 17.0. The second-order valence-electron chi connectivity index (χ2n) is 1.22. The van der Waals surface area contributed by atoms with Crippen molar-refractivity contribution in [2.45, 2.75) is 0 Å². The summed E-state index contributed by atoms with van der Waals surface area (Å²) in [5.41, 5.74) is 0. The van der Waals surface area contributed by atoms with E-state index in [1.165, 1.54) is 12.1 Å². The molecule has 0 unspecified atom stereocenters. The van der Waals surface area contributed by atoms with Gasteiger partial charge in [-0.1, -0.05) is 0 Å². The summed E-state index contributed by atoms with van der Waals surface area (Å²) in [7, 11) is 0. The summed E-state index contributed by atoms with van der Waals surface area (Å²) in [5, 5.41) is 0. The Hall–Kier alpha value is 0.686. The fraction of sp³-hybridized carbons (Fsp3) is 0. The Balaban J connectivity index is -0.000000163. The Morgan fingerprint density at radius 2 is 2.00 bits per heavy atom. The molecule has 0 bridgehead atoms. The molecule has 0 radical (unpaired) electrons. The third-order valence-electron chi connectivity index (χ3n) is 0.669. The number of benzene rings is 1. The van der Waals surface area contributed by atoms with Gasteiger partial charge in [0.15, 0.2) is 0 Å². The second kappa shape index (κ2) is 9.69. The predicted octanol–water partition coefficient (Wildman–Crippen LogP) is -1.17. The summed E-state index contributed by atoms with van der Waals surface area (Å²) in [6.45, 7) is 0. The molecular formula is C6H5BrClFMg. The van der Waals surface area contributed by atoms with Gasteiger partial charge in [0.1, 0.15) is 0 Å². The van der Waals surface area contributed by atoms with Crippen molar-refractivity contribution in [1.82, 2.24) is 0 Å². The van der Waals surface area contributed by atoms with Crippen molar-refractivity contribution < 1.29 is 16.8 Å². The Labute approximate surface area is 92.5 Å². The van der Waals surface area contributed by atoms with Gasteiger partial charge >= 0.3 is 23.1 Å². The molecule has 52 valence electrons. The third kappa shape index (κ3) is 6.80. The van der Waals surface area contributed by atoms with Gasteiger partial charge in [-0.3, -0.25) is 4.39 Å². The van der Waals surface area contributed by atoms with Gasteiger partial charge in [-0.15, -0.1) is 29.1 Å². The molecule has 0 saturated heterocycles. The zero-order valence-corrected chi connectivity index (χ0v) is 9.06. The van der Waals surface area contributed by atoms with E-state index in [1.54, 1.807) is 12.1 Å². The van der Waals surface area contributed by atoms with E-state index in [0.29, 0.717) is 0 Å². The first-order valence-electron chi connectivity index (χ1n) is 2.01. The van der Waals surface area contributed by atoms with Crippen molar-refractivity contribution in [3.8, 4) is 0 Å². The average Bonchev–Trinajstić information content (AvgIpc) is 1.69. The monoisotopic (exact) mass is 234 g/mol. The van der Waals surface area contributed by atoms with Crippen LogP contribution in [-0.4, -0.2) is 23.1 Å². The predicted molar refractivity (Wildman–Crippen MR) is 41.3 cm³/mol. The summed E-state index contributed by atoms with van der Waals surface area (Å²) >= 11 is 0. The first-order chi connectivity index (χ1) is 3.39. The molecule has 0 atom stereocenters. The van der Waals surface area contributed by atoms with Crippen LogP contribution in [0, 0.1) is 11.9 Å². The molecule has 1 rings (SSSR count). The summed E-state index contributed by atoms with van der Waals surface area (Å²) in [6.07, 6.45) is 0. The summed E-state index contributed by atoms with van der Waals surface area (Å²) in [6, 6.07) is 8.53. The molecule has 0 aliphatic carbocycles. The van der Waals surface area contributed by atoms with Crippen molar-refractivity contribution >= 4 is 40.0 Å². The largest absolute Gasteiger partial charge is 2.00 e. The van der Waals surface area contributed by atoms with Gasteiger partial charge in [0.2, 0.25) is 0 Å². The number of hydrogen-bond donors (Lipinski definition) is 0. The number of hydrogen-bond acceptors (Lipinski definition) is 0. The number of halogens is 3. The van der Waals surface area contributed by atoms with Gasteiger partial charge < -0.3 is 12.4 Å². The Bertz CT molecular complexity index is 148. The molecule has 0 nitrogen and oxygen atoms in total. The second-order valence-corrected chi connectivity index (χ2v) is 1.22. The minimum atomic E-state index is -0.234. The van der Waals surface area contributed by atoms with Crippen LogP contribution in [0.5, 0.6) is 0 Å². The van der Waals surface area contributed by atoms with Gasteiger partial charge in [-0.2, -0.15) is 18.2 Å². The van der Waals surface area contributed by atoms with E-state index in [2.05, 4.69) is 6.07 Å². The van der Waals surface area contributed by atoms with E-state index < -0.39 is 0 Å². The zero-order chi connectivity index (χ0) is 5.11. The first-order valence-corrected chi connectivity index (χ1v) is 2.01. The van der Waals surface area contributed by atoms with E-state index in [4.69, 9.17) is 0 Å². The molecule has 0 aliphatic rings. The van der Waals surface area contributed by atoms with Crippen LogP contribution in [0.2, 0.25) is 0 Å². The molecule has 0 N–H and O–H groups in total. The van der Waals surface area contributed by atoms with E-state index in [0.717, 1.165) is 0 Å². The summed E-state index contributed by atoms with van der Waals surface area (Å²) in [5.74, 6) is -0.234. The fourth-order valence-corrected chi connectivity index (χ4v) is 0.371. The molecule has 0 aliphatic heterocycles. The Morgan fingerprint density at radius 1 is 1.40 bits per heavy atom. The van der Waals surface area contributed by atoms with Crippen molar-refractivity contribution in [2.24, 2.45) is 0 Å². The third-order valence-corrected chi connectivity index (χ3v) is 0.669. The molecule has 0 aromatic heterocycles.